The van der Waals surface area contributed by atoms with E-state index in [0.717, 1.165) is 10.5 Å². The van der Waals surface area contributed by atoms with Crippen molar-refractivity contribution in [1.82, 2.24) is 33.9 Å². The SMILES string of the molecule is Cc1ccn2nc(Cn3nc(Sc4cccc(O)c4)c4c(N)ncnc43)n(-c3ccccc3)c(=O)c12. The van der Waals surface area contributed by atoms with Gasteiger partial charge in [-0.25, -0.2) is 19.2 Å². The van der Waals surface area contributed by atoms with Gasteiger partial charge < -0.3 is 10.8 Å². The number of aryl methyl sites for hydroxylation is 1. The molecule has 0 aliphatic rings. The molecule has 2 aromatic carbocycles. The van der Waals surface area contributed by atoms with Crippen LogP contribution < -0.4 is 11.3 Å². The van der Waals surface area contributed by atoms with Gasteiger partial charge in [-0.05, 0) is 48.9 Å². The highest BCUT2D eigenvalue weighted by atomic mass is 32.2. The van der Waals surface area contributed by atoms with E-state index in [-0.39, 0.29) is 17.9 Å². The lowest BCUT2D eigenvalue weighted by Gasteiger charge is -2.13. The number of nitrogen functional groups attached to an aromatic ring is 1. The fourth-order valence-electron chi connectivity index (χ4n) is 4.18. The molecule has 0 spiro atoms. The van der Waals surface area contributed by atoms with E-state index in [2.05, 4.69) is 9.97 Å². The molecule has 0 radical (unpaired) electrons. The molecule has 0 fully saturated rings. The molecule has 0 saturated heterocycles. The summed E-state index contributed by atoms with van der Waals surface area (Å²) in [6, 6.07) is 18.1. The Hall–Kier alpha value is -4.64. The molecular formula is C25H20N8O2S. The third kappa shape index (κ3) is 3.66. The van der Waals surface area contributed by atoms with Crippen molar-refractivity contribution in [1.29, 1.82) is 0 Å². The molecule has 0 aliphatic carbocycles. The Morgan fingerprint density at radius 2 is 1.86 bits per heavy atom. The van der Waals surface area contributed by atoms with Gasteiger partial charge in [0.2, 0.25) is 0 Å². The lowest BCUT2D eigenvalue weighted by Crippen LogP contribution is -2.28. The maximum Gasteiger partial charge on any atom is 0.282 e. The minimum atomic E-state index is -0.173. The van der Waals surface area contributed by atoms with Crippen molar-refractivity contribution in [2.24, 2.45) is 0 Å². The normalized spacial score (nSPS) is 11.5. The molecule has 6 aromatic rings. The number of hydrogen-bond acceptors (Lipinski definition) is 8. The maximum absolute atomic E-state index is 13.6. The third-order valence-corrected chi connectivity index (χ3v) is 6.79. The third-order valence-electron chi connectivity index (χ3n) is 5.82. The van der Waals surface area contributed by atoms with Crippen molar-refractivity contribution < 1.29 is 5.11 Å². The van der Waals surface area contributed by atoms with Crippen LogP contribution in [0.5, 0.6) is 5.75 Å². The van der Waals surface area contributed by atoms with Gasteiger partial charge in [-0.15, -0.1) is 0 Å². The Balaban J connectivity index is 1.53. The van der Waals surface area contributed by atoms with Crippen LogP contribution in [0.1, 0.15) is 11.4 Å². The number of fused-ring (bicyclic) bond motifs is 2. The van der Waals surface area contributed by atoms with Crippen molar-refractivity contribution >= 4 is 34.1 Å². The minimum absolute atomic E-state index is 0.152. The van der Waals surface area contributed by atoms with Gasteiger partial charge in [0.15, 0.2) is 11.5 Å². The first-order valence-corrected chi connectivity index (χ1v) is 11.9. The molecule has 0 unspecified atom stereocenters. The predicted octanol–water partition coefficient (Wildman–Crippen LogP) is 3.42. The highest BCUT2D eigenvalue weighted by Gasteiger charge is 2.20. The fraction of sp³-hybridized carbons (Fsp3) is 0.0800. The molecule has 0 aliphatic heterocycles. The summed E-state index contributed by atoms with van der Waals surface area (Å²) in [5, 5.41) is 20.6. The Labute approximate surface area is 208 Å². The van der Waals surface area contributed by atoms with Crippen molar-refractivity contribution in [3.8, 4) is 11.4 Å². The summed E-state index contributed by atoms with van der Waals surface area (Å²) in [5.74, 6) is 0.919. The zero-order chi connectivity index (χ0) is 24.8. The summed E-state index contributed by atoms with van der Waals surface area (Å²) < 4.78 is 4.87. The van der Waals surface area contributed by atoms with Gasteiger partial charge in [0, 0.05) is 11.1 Å². The molecule has 3 N–H and O–H groups in total. The summed E-state index contributed by atoms with van der Waals surface area (Å²) >= 11 is 1.34. The molecule has 10 nitrogen and oxygen atoms in total. The van der Waals surface area contributed by atoms with Gasteiger partial charge in [0.05, 0.1) is 11.1 Å². The van der Waals surface area contributed by atoms with E-state index in [0.29, 0.717) is 38.9 Å². The first-order chi connectivity index (χ1) is 17.5. The lowest BCUT2D eigenvalue weighted by molar-refractivity contribution is 0.474. The second-order valence-corrected chi connectivity index (χ2v) is 9.27. The Bertz CT molecular complexity index is 1810. The van der Waals surface area contributed by atoms with E-state index in [9.17, 15) is 9.90 Å². The minimum Gasteiger partial charge on any atom is -0.508 e. The zero-order valence-corrected chi connectivity index (χ0v) is 19.9. The van der Waals surface area contributed by atoms with E-state index < -0.39 is 0 Å². The average molecular weight is 497 g/mol. The van der Waals surface area contributed by atoms with Gasteiger partial charge in [-0.2, -0.15) is 10.2 Å². The van der Waals surface area contributed by atoms with Crippen LogP contribution in [0.2, 0.25) is 0 Å². The number of nitrogens with zero attached hydrogens (tertiary/aromatic N) is 7. The molecule has 4 heterocycles. The molecule has 0 atom stereocenters. The standard InChI is InChI=1S/C25H20N8O2S/c1-15-10-11-31-21(15)25(35)33(16-6-3-2-4-7-16)19(29-31)13-32-23-20(22(26)27-14-28-23)24(30-32)36-18-9-5-8-17(34)12-18/h2-12,14,34H,13H2,1H3,(H2,26,27,28). The fourth-order valence-corrected chi connectivity index (χ4v) is 5.16. The number of aromatic nitrogens is 7. The summed E-state index contributed by atoms with van der Waals surface area (Å²) in [6.45, 7) is 2.05. The van der Waals surface area contributed by atoms with Crippen LogP contribution in [0, 0.1) is 6.92 Å². The maximum atomic E-state index is 13.6. The Morgan fingerprint density at radius 3 is 2.67 bits per heavy atom. The predicted molar refractivity (Wildman–Crippen MR) is 137 cm³/mol. The van der Waals surface area contributed by atoms with Crippen LogP contribution >= 0.6 is 11.8 Å². The van der Waals surface area contributed by atoms with Gasteiger partial charge >= 0.3 is 0 Å². The second-order valence-electron chi connectivity index (χ2n) is 8.20. The van der Waals surface area contributed by atoms with Crippen LogP contribution in [0.25, 0.3) is 22.2 Å². The monoisotopic (exact) mass is 496 g/mol. The van der Waals surface area contributed by atoms with E-state index in [1.807, 2.05) is 49.4 Å². The average Bonchev–Trinajstić information content (AvgIpc) is 3.41. The van der Waals surface area contributed by atoms with E-state index in [1.165, 1.54) is 18.1 Å². The van der Waals surface area contributed by atoms with Crippen LogP contribution in [-0.2, 0) is 6.54 Å². The van der Waals surface area contributed by atoms with Crippen molar-refractivity contribution in [2.45, 2.75) is 23.4 Å². The number of aromatic hydroxyl groups is 1. The van der Waals surface area contributed by atoms with E-state index in [4.69, 9.17) is 15.9 Å². The molecule has 0 saturated carbocycles. The number of phenols is 1. The van der Waals surface area contributed by atoms with Crippen LogP contribution in [0.15, 0.2) is 87.9 Å². The summed E-state index contributed by atoms with van der Waals surface area (Å²) in [7, 11) is 0. The highest BCUT2D eigenvalue weighted by molar-refractivity contribution is 7.99. The molecule has 11 heteroatoms. The van der Waals surface area contributed by atoms with Gasteiger partial charge in [0.1, 0.15) is 35.0 Å². The Kier molecular flexibility index (Phi) is 5.19. The molecule has 36 heavy (non-hydrogen) atoms. The quantitative estimate of drug-likeness (QED) is 0.371. The molecule has 0 amide bonds. The first kappa shape index (κ1) is 21.9. The summed E-state index contributed by atoms with van der Waals surface area (Å²) in [6.07, 6.45) is 3.16. The summed E-state index contributed by atoms with van der Waals surface area (Å²) in [4.78, 5) is 23.0. The lowest BCUT2D eigenvalue weighted by atomic mass is 10.3. The number of rotatable bonds is 5. The van der Waals surface area contributed by atoms with Crippen LogP contribution in [0.3, 0.4) is 0 Å². The zero-order valence-electron chi connectivity index (χ0n) is 19.1. The van der Waals surface area contributed by atoms with E-state index in [1.54, 1.807) is 38.2 Å². The van der Waals surface area contributed by atoms with Crippen LogP contribution in [0.4, 0.5) is 5.82 Å². The number of benzene rings is 2. The van der Waals surface area contributed by atoms with Gasteiger partial charge in [-0.3, -0.25) is 9.36 Å². The molecular weight excluding hydrogens is 476 g/mol. The van der Waals surface area contributed by atoms with E-state index >= 15 is 0 Å². The number of nitrogens with two attached hydrogens (primary N) is 1. The Morgan fingerprint density at radius 1 is 1.03 bits per heavy atom. The summed E-state index contributed by atoms with van der Waals surface area (Å²) in [5.41, 5.74) is 8.63. The highest BCUT2D eigenvalue weighted by Crippen LogP contribution is 2.35. The van der Waals surface area contributed by atoms with Crippen molar-refractivity contribution in [3.05, 3.63) is 94.9 Å². The van der Waals surface area contributed by atoms with Crippen molar-refractivity contribution in [3.63, 3.8) is 0 Å². The van der Waals surface area contributed by atoms with Crippen molar-refractivity contribution in [2.75, 3.05) is 5.73 Å². The topological polar surface area (TPSA) is 129 Å². The van der Waals surface area contributed by atoms with Gasteiger partial charge in [-0.1, -0.05) is 36.0 Å². The smallest absolute Gasteiger partial charge is 0.282 e. The second kappa shape index (κ2) is 8.54. The number of anilines is 1. The number of hydrogen-bond donors (Lipinski definition) is 2. The molecule has 4 aromatic heterocycles. The van der Waals surface area contributed by atoms with Gasteiger partial charge in [0.25, 0.3) is 5.56 Å². The van der Waals surface area contributed by atoms with Crippen LogP contribution in [-0.4, -0.2) is 39.0 Å². The molecule has 178 valence electrons. The first-order valence-electron chi connectivity index (χ1n) is 11.1. The molecule has 0 bridgehead atoms. The number of para-hydroxylation sites is 1. The number of phenolic OH excluding ortho intramolecular Hbond substituents is 1. The largest absolute Gasteiger partial charge is 0.508 e. The molecule has 6 rings (SSSR count).